The minimum absolute atomic E-state index is 0.549. The van der Waals surface area contributed by atoms with Crippen molar-refractivity contribution in [2.24, 2.45) is 4.99 Å². The summed E-state index contributed by atoms with van der Waals surface area (Å²) in [4.78, 5) is 9.49. The van der Waals surface area contributed by atoms with Crippen LogP contribution < -0.4 is 0 Å². The molecule has 0 radical (unpaired) electrons. The Balaban J connectivity index is 2.14. The summed E-state index contributed by atoms with van der Waals surface area (Å²) < 4.78 is 0. The lowest BCUT2D eigenvalue weighted by Gasteiger charge is -1.99. The van der Waals surface area contributed by atoms with Gasteiger partial charge < -0.3 is 0 Å². The molecule has 1 aliphatic rings. The molecule has 0 fully saturated rings. The smallest absolute Gasteiger partial charge is 0.0794 e. The average molecular weight is 170 g/mol. The summed E-state index contributed by atoms with van der Waals surface area (Å²) in [6.45, 7) is 0.923. The van der Waals surface area contributed by atoms with Gasteiger partial charge in [-0.2, -0.15) is 0 Å². The van der Waals surface area contributed by atoms with Crippen molar-refractivity contribution in [3.63, 3.8) is 0 Å². The molecule has 4 heteroatoms. The van der Waals surface area contributed by atoms with Crippen molar-refractivity contribution >= 4 is 28.6 Å². The monoisotopic (exact) mass is 170 g/mol. The van der Waals surface area contributed by atoms with Crippen LogP contribution in [0, 0.1) is 0 Å². The Morgan fingerprint density at radius 3 is 3.20 bits per heavy atom. The third-order valence-electron chi connectivity index (χ3n) is 1.34. The van der Waals surface area contributed by atoms with Gasteiger partial charge in [0, 0.05) is 11.1 Å². The third kappa shape index (κ3) is 1.09. The van der Waals surface area contributed by atoms with Gasteiger partial charge in [-0.25, -0.2) is 0 Å². The van der Waals surface area contributed by atoms with Crippen LogP contribution >= 0.6 is 23.1 Å². The summed E-state index contributed by atoms with van der Waals surface area (Å²) >= 11 is 3.49. The van der Waals surface area contributed by atoms with Crippen LogP contribution in [0.25, 0.3) is 0 Å². The number of rotatable bonds is 1. The first-order chi connectivity index (χ1) is 4.97. The Bertz CT molecular complexity index is 222. The molecule has 0 amide bonds. The van der Waals surface area contributed by atoms with Crippen LogP contribution in [0.15, 0.2) is 16.7 Å². The first-order valence-corrected chi connectivity index (χ1v) is 4.81. The molecule has 1 aromatic rings. The first kappa shape index (κ1) is 6.37. The zero-order chi connectivity index (χ0) is 6.81. The highest BCUT2D eigenvalue weighted by Gasteiger charge is 2.15. The number of thiazole rings is 1. The van der Waals surface area contributed by atoms with Crippen LogP contribution in [0.5, 0.6) is 0 Å². The zero-order valence-corrected chi connectivity index (χ0v) is 6.86. The predicted octanol–water partition coefficient (Wildman–Crippen LogP) is 1.96. The maximum atomic E-state index is 4.14. The molecule has 2 rings (SSSR count). The van der Waals surface area contributed by atoms with Crippen LogP contribution in [0.3, 0.4) is 0 Å². The summed E-state index contributed by atoms with van der Waals surface area (Å²) in [5, 5.41) is 0.549. The Labute approximate surface area is 67.4 Å². The fourth-order valence-electron chi connectivity index (χ4n) is 0.840. The van der Waals surface area contributed by atoms with E-state index in [0.29, 0.717) is 5.25 Å². The van der Waals surface area contributed by atoms with Gasteiger partial charge in [0.2, 0.25) is 0 Å². The molecule has 0 N–H and O–H groups in total. The highest BCUT2D eigenvalue weighted by Crippen LogP contribution is 2.33. The Kier molecular flexibility index (Phi) is 1.73. The lowest BCUT2D eigenvalue weighted by Crippen LogP contribution is -1.88. The molecule has 0 spiro atoms. The molecular formula is C6H6N2S2. The maximum absolute atomic E-state index is 4.14. The van der Waals surface area contributed by atoms with Gasteiger partial charge in [0.15, 0.2) is 0 Å². The number of nitrogens with zero attached hydrogens (tertiary/aromatic N) is 2. The van der Waals surface area contributed by atoms with Crippen molar-refractivity contribution in [2.45, 2.75) is 5.25 Å². The molecule has 0 saturated heterocycles. The molecule has 0 aromatic carbocycles. The molecule has 1 aromatic heterocycles. The Morgan fingerprint density at radius 1 is 1.60 bits per heavy atom. The number of thioether (sulfide) groups is 1. The molecule has 2 heterocycles. The van der Waals surface area contributed by atoms with Gasteiger partial charge in [-0.3, -0.25) is 9.98 Å². The highest BCUT2D eigenvalue weighted by atomic mass is 32.2. The fraction of sp³-hybridized carbons (Fsp3) is 0.333. The van der Waals surface area contributed by atoms with E-state index >= 15 is 0 Å². The summed E-state index contributed by atoms with van der Waals surface area (Å²) in [7, 11) is 0. The predicted molar refractivity (Wildman–Crippen MR) is 45.8 cm³/mol. The third-order valence-corrected chi connectivity index (χ3v) is 3.38. The standard InChI is InChI=1S/C6H6N2S2/c1-5(9-3-7-1)6-2-8-4-10-6/h1,3-4,6H,2H2. The van der Waals surface area contributed by atoms with Gasteiger partial charge in [-0.05, 0) is 0 Å². The minimum Gasteiger partial charge on any atom is -0.285 e. The average Bonchev–Trinajstić information content (AvgIpc) is 2.59. The van der Waals surface area contributed by atoms with Gasteiger partial charge in [0.1, 0.15) is 0 Å². The van der Waals surface area contributed by atoms with Gasteiger partial charge in [0.25, 0.3) is 0 Å². The van der Waals surface area contributed by atoms with Gasteiger partial charge in [-0.1, -0.05) is 0 Å². The molecule has 0 saturated carbocycles. The van der Waals surface area contributed by atoms with E-state index in [1.165, 1.54) is 4.88 Å². The highest BCUT2D eigenvalue weighted by molar-refractivity contribution is 8.12. The number of hydrogen-bond acceptors (Lipinski definition) is 4. The van der Waals surface area contributed by atoms with Crippen LogP contribution in [-0.2, 0) is 0 Å². The molecule has 0 bridgehead atoms. The fourth-order valence-corrected chi connectivity index (χ4v) is 2.45. The maximum Gasteiger partial charge on any atom is 0.0794 e. The van der Waals surface area contributed by atoms with Crippen molar-refractivity contribution < 1.29 is 0 Å². The van der Waals surface area contributed by atoms with Gasteiger partial charge in [-0.15, -0.1) is 23.1 Å². The van der Waals surface area contributed by atoms with Crippen molar-refractivity contribution in [3.05, 3.63) is 16.6 Å². The van der Waals surface area contributed by atoms with Crippen LogP contribution in [0.2, 0.25) is 0 Å². The molecule has 1 atom stereocenters. The molecule has 1 aliphatic heterocycles. The van der Waals surface area contributed by atoms with E-state index in [0.717, 1.165) is 6.54 Å². The second-order valence-corrected chi connectivity index (χ2v) is 3.97. The number of aliphatic imine (C=N–C) groups is 1. The van der Waals surface area contributed by atoms with E-state index < -0.39 is 0 Å². The van der Waals surface area contributed by atoms with Gasteiger partial charge >= 0.3 is 0 Å². The second-order valence-electron chi connectivity index (χ2n) is 2.00. The second kappa shape index (κ2) is 2.72. The van der Waals surface area contributed by atoms with Crippen molar-refractivity contribution in [1.82, 2.24) is 4.98 Å². The molecule has 1 unspecified atom stereocenters. The largest absolute Gasteiger partial charge is 0.285 e. The molecule has 52 valence electrons. The van der Waals surface area contributed by atoms with Crippen LogP contribution in [0.1, 0.15) is 10.1 Å². The zero-order valence-electron chi connectivity index (χ0n) is 5.23. The lowest BCUT2D eigenvalue weighted by molar-refractivity contribution is 0.984. The normalized spacial score (nSPS) is 23.8. The van der Waals surface area contributed by atoms with Crippen molar-refractivity contribution in [1.29, 1.82) is 0 Å². The van der Waals surface area contributed by atoms with E-state index in [1.807, 2.05) is 17.3 Å². The van der Waals surface area contributed by atoms with Crippen LogP contribution in [-0.4, -0.2) is 17.1 Å². The minimum atomic E-state index is 0.549. The summed E-state index contributed by atoms with van der Waals surface area (Å²) in [5.41, 5.74) is 3.79. The quantitative estimate of drug-likeness (QED) is 0.643. The summed E-state index contributed by atoms with van der Waals surface area (Å²) in [6.07, 6.45) is 1.93. The number of hydrogen-bond donors (Lipinski definition) is 0. The molecule has 10 heavy (non-hydrogen) atoms. The van der Waals surface area contributed by atoms with E-state index in [9.17, 15) is 0 Å². The molecule has 2 nitrogen and oxygen atoms in total. The van der Waals surface area contributed by atoms with Crippen molar-refractivity contribution in [3.8, 4) is 0 Å². The van der Waals surface area contributed by atoms with Crippen LogP contribution in [0.4, 0.5) is 0 Å². The SMILES string of the molecule is C1=NCC(c2cncs2)S1. The van der Waals surface area contributed by atoms with Crippen molar-refractivity contribution in [2.75, 3.05) is 6.54 Å². The molecular weight excluding hydrogens is 164 g/mol. The van der Waals surface area contributed by atoms with E-state index in [1.54, 1.807) is 23.1 Å². The Morgan fingerprint density at radius 2 is 2.60 bits per heavy atom. The Hall–Kier alpha value is -0.350. The molecule has 0 aliphatic carbocycles. The summed E-state index contributed by atoms with van der Waals surface area (Å²) in [5.74, 6) is 0. The van der Waals surface area contributed by atoms with Gasteiger partial charge in [0.05, 0.1) is 22.9 Å². The number of aromatic nitrogens is 1. The summed E-state index contributed by atoms with van der Waals surface area (Å²) in [6, 6.07) is 0. The first-order valence-electron chi connectivity index (χ1n) is 2.99. The lowest BCUT2D eigenvalue weighted by atomic mass is 10.4. The van der Waals surface area contributed by atoms with E-state index in [4.69, 9.17) is 0 Å². The van der Waals surface area contributed by atoms with E-state index in [-0.39, 0.29) is 0 Å². The van der Waals surface area contributed by atoms with E-state index in [2.05, 4.69) is 9.98 Å². The topological polar surface area (TPSA) is 25.2 Å².